The molecule has 1 aliphatic carbocycles. The van der Waals surface area contributed by atoms with Gasteiger partial charge < -0.3 is 16.8 Å². The maximum absolute atomic E-state index is 14.9. The van der Waals surface area contributed by atoms with Crippen LogP contribution in [0, 0.1) is 11.6 Å². The zero-order valence-corrected chi connectivity index (χ0v) is 18.7. The Hall–Kier alpha value is -4.31. The van der Waals surface area contributed by atoms with Gasteiger partial charge >= 0.3 is 0 Å². The number of aromatic nitrogens is 3. The second-order valence-electron chi connectivity index (χ2n) is 7.96. The Labute approximate surface area is 202 Å². The lowest BCUT2D eigenvalue weighted by Crippen LogP contribution is -2.16. The maximum Gasteiger partial charge on any atom is 0.269 e. The molecule has 11 heteroatoms. The number of benzene rings is 2. The summed E-state index contributed by atoms with van der Waals surface area (Å²) < 4.78 is 30.3. The third-order valence-electron chi connectivity index (χ3n) is 5.80. The predicted molar refractivity (Wildman–Crippen MR) is 126 cm³/mol. The fraction of sp³-hybridized carbons (Fsp3) is 0.0833. The van der Waals surface area contributed by atoms with E-state index >= 15 is 0 Å². The summed E-state index contributed by atoms with van der Waals surface area (Å²) >= 11 is 6.07. The third kappa shape index (κ3) is 3.87. The Bertz CT molecular complexity index is 1530. The highest BCUT2D eigenvalue weighted by Crippen LogP contribution is 2.39. The molecule has 5 rings (SSSR count). The van der Waals surface area contributed by atoms with Gasteiger partial charge in [0, 0.05) is 41.3 Å². The van der Waals surface area contributed by atoms with Crippen molar-refractivity contribution in [2.75, 3.05) is 11.1 Å². The number of rotatable bonds is 4. The molecule has 0 spiro atoms. The Morgan fingerprint density at radius 1 is 1.09 bits per heavy atom. The van der Waals surface area contributed by atoms with Crippen LogP contribution in [0.1, 0.15) is 32.0 Å². The minimum Gasteiger partial charge on any atom is -0.396 e. The predicted octanol–water partition coefficient (Wildman–Crippen LogP) is 3.90. The van der Waals surface area contributed by atoms with Crippen molar-refractivity contribution in [1.82, 2.24) is 14.8 Å². The van der Waals surface area contributed by atoms with Crippen LogP contribution in [0.25, 0.3) is 16.9 Å². The van der Waals surface area contributed by atoms with Gasteiger partial charge in [0.2, 0.25) is 0 Å². The highest BCUT2D eigenvalue weighted by atomic mass is 35.5. The lowest BCUT2D eigenvalue weighted by atomic mass is 9.88. The van der Waals surface area contributed by atoms with Crippen molar-refractivity contribution < 1.29 is 18.4 Å². The molecular weight excluding hydrogens is 478 g/mol. The van der Waals surface area contributed by atoms with Gasteiger partial charge in [0.1, 0.15) is 11.5 Å². The van der Waals surface area contributed by atoms with Gasteiger partial charge in [0.25, 0.3) is 11.8 Å². The number of hydrogen-bond acceptors (Lipinski definition) is 5. The minimum atomic E-state index is -0.836. The van der Waals surface area contributed by atoms with Crippen LogP contribution in [0.2, 0.25) is 5.02 Å². The molecule has 176 valence electrons. The molecular formula is C24H17ClF2N6O2. The van der Waals surface area contributed by atoms with Crippen LogP contribution in [0.15, 0.2) is 48.8 Å². The smallest absolute Gasteiger partial charge is 0.269 e. The molecule has 2 aromatic carbocycles. The van der Waals surface area contributed by atoms with Gasteiger partial charge in [-0.1, -0.05) is 17.7 Å². The van der Waals surface area contributed by atoms with Crippen molar-refractivity contribution in [3.63, 3.8) is 0 Å². The molecule has 0 radical (unpaired) electrons. The van der Waals surface area contributed by atoms with Crippen LogP contribution >= 0.6 is 11.6 Å². The standard InChI is InChI=1S/C24H17ClF2N6O2/c25-16-10-30-6-5-13(16)24(35)31-12-3-1-11-2-4-14-21(23(29)34)32-33(22(14)15(11)7-12)20-9-17(26)19(28)8-18(20)27/h1,3,5-10H,2,4,28H2,(H2,29,34)(H,31,35). The van der Waals surface area contributed by atoms with E-state index in [0.29, 0.717) is 35.3 Å². The highest BCUT2D eigenvalue weighted by molar-refractivity contribution is 6.34. The van der Waals surface area contributed by atoms with Crippen LogP contribution in [0.3, 0.4) is 0 Å². The number of anilines is 2. The van der Waals surface area contributed by atoms with Crippen molar-refractivity contribution in [3.8, 4) is 16.9 Å². The summed E-state index contributed by atoms with van der Waals surface area (Å²) in [6.45, 7) is 0. The number of nitrogens with two attached hydrogens (primary N) is 2. The SMILES string of the molecule is NC(=O)c1nn(-c2cc(F)c(N)cc2F)c2c1CCc1ccc(NC(=O)c3ccncc3Cl)cc1-2. The van der Waals surface area contributed by atoms with Gasteiger partial charge in [-0.05, 0) is 36.6 Å². The summed E-state index contributed by atoms with van der Waals surface area (Å²) in [5.74, 6) is -2.91. The van der Waals surface area contributed by atoms with Crippen LogP contribution in [0.5, 0.6) is 0 Å². The van der Waals surface area contributed by atoms with Crippen molar-refractivity contribution in [3.05, 3.63) is 87.8 Å². The fourth-order valence-corrected chi connectivity index (χ4v) is 4.37. The highest BCUT2D eigenvalue weighted by Gasteiger charge is 2.29. The third-order valence-corrected chi connectivity index (χ3v) is 6.10. The lowest BCUT2D eigenvalue weighted by molar-refractivity contribution is 0.0992. The lowest BCUT2D eigenvalue weighted by Gasteiger charge is -2.20. The summed E-state index contributed by atoms with van der Waals surface area (Å²) in [5.41, 5.74) is 13.4. The van der Waals surface area contributed by atoms with Gasteiger partial charge in [-0.15, -0.1) is 0 Å². The van der Waals surface area contributed by atoms with E-state index in [2.05, 4.69) is 15.4 Å². The second-order valence-corrected chi connectivity index (χ2v) is 8.37. The first-order valence-corrected chi connectivity index (χ1v) is 10.8. The molecule has 4 aromatic rings. The summed E-state index contributed by atoms with van der Waals surface area (Å²) in [5, 5.41) is 7.19. The largest absolute Gasteiger partial charge is 0.396 e. The molecule has 2 heterocycles. The number of primary amides is 1. The first-order valence-electron chi connectivity index (χ1n) is 10.5. The van der Waals surface area contributed by atoms with Gasteiger partial charge in [0.15, 0.2) is 11.5 Å². The molecule has 5 N–H and O–H groups in total. The number of carbonyl (C=O) groups excluding carboxylic acids is 2. The second kappa shape index (κ2) is 8.48. The van der Waals surface area contributed by atoms with E-state index < -0.39 is 23.4 Å². The fourth-order valence-electron chi connectivity index (χ4n) is 4.16. The number of fused-ring (bicyclic) bond motifs is 3. The molecule has 35 heavy (non-hydrogen) atoms. The van der Waals surface area contributed by atoms with Crippen molar-refractivity contribution in [1.29, 1.82) is 0 Å². The zero-order valence-electron chi connectivity index (χ0n) is 18.0. The molecule has 0 aliphatic heterocycles. The average Bonchev–Trinajstić information content (AvgIpc) is 3.22. The number of carbonyl (C=O) groups is 2. The van der Waals surface area contributed by atoms with Crippen molar-refractivity contribution in [2.45, 2.75) is 12.8 Å². The molecule has 0 fully saturated rings. The quantitative estimate of drug-likeness (QED) is 0.371. The molecule has 0 bridgehead atoms. The van der Waals surface area contributed by atoms with E-state index in [1.165, 1.54) is 18.5 Å². The summed E-state index contributed by atoms with van der Waals surface area (Å²) in [6, 6.07) is 8.45. The van der Waals surface area contributed by atoms with E-state index in [1.807, 2.05) is 6.07 Å². The van der Waals surface area contributed by atoms with Crippen LogP contribution in [0.4, 0.5) is 20.2 Å². The topological polar surface area (TPSA) is 129 Å². The van der Waals surface area contributed by atoms with Gasteiger partial charge in [-0.25, -0.2) is 13.5 Å². The Morgan fingerprint density at radius 2 is 1.89 bits per heavy atom. The average molecular weight is 495 g/mol. The number of nitrogen functional groups attached to an aromatic ring is 1. The van der Waals surface area contributed by atoms with Crippen molar-refractivity contribution >= 4 is 34.8 Å². The van der Waals surface area contributed by atoms with Gasteiger partial charge in [0.05, 0.1) is 22.0 Å². The van der Waals surface area contributed by atoms with E-state index in [9.17, 15) is 18.4 Å². The molecule has 8 nitrogen and oxygen atoms in total. The Morgan fingerprint density at radius 3 is 2.63 bits per heavy atom. The molecule has 2 amide bonds. The van der Waals surface area contributed by atoms with Gasteiger partial charge in [-0.2, -0.15) is 5.10 Å². The molecule has 0 saturated heterocycles. The van der Waals surface area contributed by atoms with Crippen LogP contribution < -0.4 is 16.8 Å². The van der Waals surface area contributed by atoms with E-state index in [4.69, 9.17) is 23.1 Å². The molecule has 1 aliphatic rings. The first-order chi connectivity index (χ1) is 16.7. The molecule has 0 saturated carbocycles. The molecule has 2 aromatic heterocycles. The van der Waals surface area contributed by atoms with Crippen molar-refractivity contribution in [2.24, 2.45) is 5.73 Å². The maximum atomic E-state index is 14.9. The van der Waals surface area contributed by atoms with E-state index in [0.717, 1.165) is 22.4 Å². The van der Waals surface area contributed by atoms with Crippen LogP contribution in [-0.2, 0) is 12.8 Å². The summed E-state index contributed by atoms with van der Waals surface area (Å²) in [4.78, 5) is 28.7. The number of pyridine rings is 1. The summed E-state index contributed by atoms with van der Waals surface area (Å²) in [6.07, 6.45) is 3.78. The van der Waals surface area contributed by atoms with Gasteiger partial charge in [-0.3, -0.25) is 14.6 Å². The summed E-state index contributed by atoms with van der Waals surface area (Å²) in [7, 11) is 0. The minimum absolute atomic E-state index is 0.0414. The first kappa shape index (κ1) is 22.5. The number of halogens is 3. The number of amides is 2. The normalized spacial score (nSPS) is 12.1. The zero-order chi connectivity index (χ0) is 24.9. The number of hydrogen-bond donors (Lipinski definition) is 3. The number of nitrogens with zero attached hydrogens (tertiary/aromatic N) is 3. The Kier molecular flexibility index (Phi) is 5.45. The monoisotopic (exact) mass is 494 g/mol. The van der Waals surface area contributed by atoms with E-state index in [1.54, 1.807) is 12.1 Å². The number of aryl methyl sites for hydroxylation is 1. The number of nitrogens with one attached hydrogen (secondary N) is 1. The molecule has 0 unspecified atom stereocenters. The molecule has 0 atom stereocenters. The Balaban J connectivity index is 1.65. The van der Waals surface area contributed by atoms with Crippen LogP contribution in [-0.4, -0.2) is 26.6 Å². The van der Waals surface area contributed by atoms with E-state index in [-0.39, 0.29) is 27.7 Å².